The average molecular weight is 371 g/mol. The highest BCUT2D eigenvalue weighted by atomic mass is 16.5. The highest BCUT2D eigenvalue weighted by Crippen LogP contribution is 2.40. The molecule has 0 saturated carbocycles. The zero-order valence-corrected chi connectivity index (χ0v) is 16.1. The van der Waals surface area contributed by atoms with Crippen LogP contribution in [-0.2, 0) is 4.79 Å². The number of hydrogen-bond donors (Lipinski definition) is 1. The second-order valence-electron chi connectivity index (χ2n) is 5.71. The van der Waals surface area contributed by atoms with E-state index in [1.807, 2.05) is 31.2 Å². The van der Waals surface area contributed by atoms with Crippen molar-refractivity contribution in [2.24, 2.45) is 0 Å². The van der Waals surface area contributed by atoms with Crippen LogP contribution in [0.2, 0.25) is 0 Å². The summed E-state index contributed by atoms with van der Waals surface area (Å²) in [6, 6.07) is 11.3. The van der Waals surface area contributed by atoms with Gasteiger partial charge in [-0.25, -0.2) is 0 Å². The number of methoxy groups -OCH3 is 3. The Morgan fingerprint density at radius 3 is 2.30 bits per heavy atom. The second-order valence-corrected chi connectivity index (χ2v) is 5.71. The molecular weight excluding hydrogens is 346 g/mol. The molecule has 0 aromatic heterocycles. The van der Waals surface area contributed by atoms with E-state index in [-0.39, 0.29) is 5.91 Å². The predicted octanol–water partition coefficient (Wildman–Crippen LogP) is 3.23. The summed E-state index contributed by atoms with van der Waals surface area (Å²) in [4.78, 5) is 12.0. The van der Waals surface area contributed by atoms with Crippen molar-refractivity contribution in [2.75, 3.05) is 34.5 Å². The summed E-state index contributed by atoms with van der Waals surface area (Å²) in [5.41, 5.74) is 1.88. The van der Waals surface area contributed by atoms with Gasteiger partial charge >= 0.3 is 0 Å². The summed E-state index contributed by atoms with van der Waals surface area (Å²) in [5.74, 6) is 2.10. The second kappa shape index (κ2) is 10.1. The Morgan fingerprint density at radius 2 is 1.67 bits per heavy atom. The molecule has 0 heterocycles. The highest BCUT2D eigenvalue weighted by Gasteiger charge is 2.14. The number of benzene rings is 2. The lowest BCUT2D eigenvalue weighted by molar-refractivity contribution is -0.116. The van der Waals surface area contributed by atoms with Gasteiger partial charge in [0.15, 0.2) is 11.5 Å². The quantitative estimate of drug-likeness (QED) is 0.542. The number of aryl methyl sites for hydroxylation is 1. The summed E-state index contributed by atoms with van der Waals surface area (Å²) in [7, 11) is 4.63. The molecule has 6 nitrogen and oxygen atoms in total. The van der Waals surface area contributed by atoms with Crippen LogP contribution < -0.4 is 24.3 Å². The van der Waals surface area contributed by atoms with E-state index in [0.29, 0.717) is 36.0 Å². The van der Waals surface area contributed by atoms with Crippen LogP contribution in [0.25, 0.3) is 6.08 Å². The molecule has 0 aliphatic carbocycles. The Labute approximate surface area is 159 Å². The van der Waals surface area contributed by atoms with Crippen LogP contribution in [-0.4, -0.2) is 40.4 Å². The fourth-order valence-corrected chi connectivity index (χ4v) is 2.46. The molecule has 6 heteroatoms. The van der Waals surface area contributed by atoms with Crippen molar-refractivity contribution in [3.63, 3.8) is 0 Å². The minimum atomic E-state index is -0.223. The fourth-order valence-electron chi connectivity index (χ4n) is 2.46. The first-order chi connectivity index (χ1) is 13.1. The van der Waals surface area contributed by atoms with Crippen molar-refractivity contribution in [1.82, 2.24) is 5.32 Å². The van der Waals surface area contributed by atoms with Crippen molar-refractivity contribution in [2.45, 2.75) is 6.92 Å². The monoisotopic (exact) mass is 371 g/mol. The minimum Gasteiger partial charge on any atom is -0.493 e. The lowest BCUT2D eigenvalue weighted by Gasteiger charge is -2.14. The van der Waals surface area contributed by atoms with Crippen molar-refractivity contribution in [3.05, 3.63) is 53.6 Å². The van der Waals surface area contributed by atoms with Crippen molar-refractivity contribution >= 4 is 12.0 Å². The van der Waals surface area contributed by atoms with Crippen LogP contribution in [0, 0.1) is 6.92 Å². The van der Waals surface area contributed by atoms with Gasteiger partial charge in [0.2, 0.25) is 11.7 Å². The third-order valence-electron chi connectivity index (χ3n) is 3.84. The summed E-state index contributed by atoms with van der Waals surface area (Å²) in [6.45, 7) is 2.81. The van der Waals surface area contributed by atoms with E-state index in [2.05, 4.69) is 5.32 Å². The molecule has 0 saturated heterocycles. The molecule has 27 heavy (non-hydrogen) atoms. The van der Waals surface area contributed by atoms with Gasteiger partial charge in [-0.05, 0) is 37.3 Å². The molecule has 0 radical (unpaired) electrons. The smallest absolute Gasteiger partial charge is 0.244 e. The Kier molecular flexibility index (Phi) is 7.55. The van der Waals surface area contributed by atoms with E-state index < -0.39 is 0 Å². The molecule has 0 aliphatic heterocycles. The zero-order valence-electron chi connectivity index (χ0n) is 16.1. The van der Waals surface area contributed by atoms with E-state index in [9.17, 15) is 4.79 Å². The molecule has 0 spiro atoms. The minimum absolute atomic E-state index is 0.223. The van der Waals surface area contributed by atoms with Gasteiger partial charge in [-0.15, -0.1) is 0 Å². The van der Waals surface area contributed by atoms with Crippen LogP contribution >= 0.6 is 0 Å². The fraction of sp³-hybridized carbons (Fsp3) is 0.286. The average Bonchev–Trinajstić information content (AvgIpc) is 2.69. The number of carbonyl (C=O) groups excluding carboxylic acids is 1. The molecule has 2 rings (SSSR count). The zero-order chi connectivity index (χ0) is 19.6. The van der Waals surface area contributed by atoms with Crippen LogP contribution in [0.15, 0.2) is 42.5 Å². The number of carbonyl (C=O) groups is 1. The molecule has 0 bridgehead atoms. The maximum atomic E-state index is 12.0. The maximum absolute atomic E-state index is 12.0. The van der Waals surface area contributed by atoms with Gasteiger partial charge in [0.05, 0.1) is 27.9 Å². The van der Waals surface area contributed by atoms with Gasteiger partial charge < -0.3 is 24.3 Å². The first-order valence-corrected chi connectivity index (χ1v) is 8.53. The molecule has 2 aromatic carbocycles. The number of hydrogen-bond acceptors (Lipinski definition) is 5. The number of rotatable bonds is 9. The van der Waals surface area contributed by atoms with Crippen molar-refractivity contribution in [1.29, 1.82) is 0 Å². The first kappa shape index (κ1) is 20.2. The van der Waals surface area contributed by atoms with Crippen LogP contribution in [0.3, 0.4) is 0 Å². The van der Waals surface area contributed by atoms with Crippen LogP contribution in [0.5, 0.6) is 23.0 Å². The van der Waals surface area contributed by atoms with Crippen LogP contribution in [0.4, 0.5) is 0 Å². The molecule has 1 N–H and O–H groups in total. The maximum Gasteiger partial charge on any atom is 0.244 e. The molecule has 2 aromatic rings. The van der Waals surface area contributed by atoms with E-state index in [1.54, 1.807) is 25.3 Å². The van der Waals surface area contributed by atoms with Gasteiger partial charge in [-0.3, -0.25) is 4.79 Å². The molecule has 1 amide bonds. The highest BCUT2D eigenvalue weighted by molar-refractivity contribution is 5.92. The van der Waals surface area contributed by atoms with Gasteiger partial charge in [0, 0.05) is 11.6 Å². The van der Waals surface area contributed by atoms with Gasteiger partial charge in [0.1, 0.15) is 12.4 Å². The van der Waals surface area contributed by atoms with E-state index in [4.69, 9.17) is 18.9 Å². The van der Waals surface area contributed by atoms with E-state index in [0.717, 1.165) is 5.75 Å². The molecular formula is C21H25NO5. The standard InChI is InChI=1S/C21H25NO5/c1-15-5-9-17(10-6-15)27-14-13-22-19(23)12-8-16-7-11-18(24-2)21(26-4)20(16)25-3/h5-12H,13-14H2,1-4H3,(H,22,23)/b12-8+. The Bertz CT molecular complexity index is 784. The Morgan fingerprint density at radius 1 is 0.963 bits per heavy atom. The number of nitrogens with one attached hydrogen (secondary N) is 1. The van der Waals surface area contributed by atoms with Crippen molar-refractivity contribution in [3.8, 4) is 23.0 Å². The topological polar surface area (TPSA) is 66.0 Å². The normalized spacial score (nSPS) is 10.5. The molecule has 144 valence electrons. The van der Waals surface area contributed by atoms with Crippen molar-refractivity contribution < 1.29 is 23.7 Å². The third kappa shape index (κ3) is 5.67. The van der Waals surface area contributed by atoms with Crippen LogP contribution in [0.1, 0.15) is 11.1 Å². The summed E-state index contributed by atoms with van der Waals surface area (Å²) in [5, 5.41) is 2.78. The number of amides is 1. The predicted molar refractivity (Wildman–Crippen MR) is 105 cm³/mol. The van der Waals surface area contributed by atoms with E-state index in [1.165, 1.54) is 25.9 Å². The Hall–Kier alpha value is -3.15. The molecule has 0 atom stereocenters. The summed E-state index contributed by atoms with van der Waals surface area (Å²) < 4.78 is 21.5. The van der Waals surface area contributed by atoms with Gasteiger partial charge in [0.25, 0.3) is 0 Å². The third-order valence-corrected chi connectivity index (χ3v) is 3.84. The summed E-state index contributed by atoms with van der Waals surface area (Å²) >= 11 is 0. The molecule has 0 fully saturated rings. The SMILES string of the molecule is COc1ccc(/C=C/C(=O)NCCOc2ccc(C)cc2)c(OC)c1OC. The lowest BCUT2D eigenvalue weighted by Crippen LogP contribution is -2.26. The van der Waals surface area contributed by atoms with E-state index >= 15 is 0 Å². The summed E-state index contributed by atoms with van der Waals surface area (Å²) in [6.07, 6.45) is 3.10. The molecule has 0 unspecified atom stereocenters. The lowest BCUT2D eigenvalue weighted by atomic mass is 10.1. The Balaban J connectivity index is 1.89. The molecule has 0 aliphatic rings. The number of ether oxygens (including phenoxy) is 4. The largest absolute Gasteiger partial charge is 0.493 e. The van der Waals surface area contributed by atoms with Gasteiger partial charge in [-0.1, -0.05) is 17.7 Å². The first-order valence-electron chi connectivity index (χ1n) is 8.53. The van der Waals surface area contributed by atoms with Gasteiger partial charge in [-0.2, -0.15) is 0 Å².